The van der Waals surface area contributed by atoms with Gasteiger partial charge in [0.25, 0.3) is 0 Å². The summed E-state index contributed by atoms with van der Waals surface area (Å²) >= 11 is 3.46. The number of piperazine rings is 1. The molecular weight excluding hydrogens is 386 g/mol. The van der Waals surface area contributed by atoms with E-state index in [1.54, 1.807) is 23.1 Å². The second-order valence-corrected chi connectivity index (χ2v) is 9.24. The third-order valence-electron chi connectivity index (χ3n) is 5.05. The molecular formula is C22H25N3OS2. The van der Waals surface area contributed by atoms with Crippen LogP contribution in [0.3, 0.4) is 0 Å². The molecule has 1 aliphatic heterocycles. The molecule has 1 saturated heterocycles. The van der Waals surface area contributed by atoms with E-state index in [0.29, 0.717) is 5.75 Å². The van der Waals surface area contributed by atoms with Crippen LogP contribution in [-0.2, 0) is 10.5 Å². The molecule has 1 aliphatic rings. The summed E-state index contributed by atoms with van der Waals surface area (Å²) in [5.74, 6) is 1.68. The largest absolute Gasteiger partial charge is 0.345 e. The van der Waals surface area contributed by atoms with Crippen LogP contribution in [-0.4, -0.2) is 47.7 Å². The number of hydrogen-bond donors (Lipinski definition) is 0. The molecule has 2 heterocycles. The van der Waals surface area contributed by atoms with Crippen molar-refractivity contribution in [1.29, 1.82) is 0 Å². The van der Waals surface area contributed by atoms with Gasteiger partial charge in [0.2, 0.25) is 5.91 Å². The number of carbonyl (C=O) groups is 1. The lowest BCUT2D eigenvalue weighted by atomic mass is 10.1. The van der Waals surface area contributed by atoms with Gasteiger partial charge in [0.15, 0.2) is 5.13 Å². The second kappa shape index (κ2) is 8.53. The topological polar surface area (TPSA) is 36.4 Å². The molecule has 0 aliphatic carbocycles. The summed E-state index contributed by atoms with van der Waals surface area (Å²) in [4.78, 5) is 21.7. The number of thioether (sulfide) groups is 1. The van der Waals surface area contributed by atoms with Gasteiger partial charge in [-0.25, -0.2) is 4.98 Å². The van der Waals surface area contributed by atoms with Gasteiger partial charge in [-0.05, 0) is 36.6 Å². The summed E-state index contributed by atoms with van der Waals surface area (Å²) in [6, 6.07) is 14.7. The number of rotatable bonds is 5. The van der Waals surface area contributed by atoms with Gasteiger partial charge >= 0.3 is 0 Å². The van der Waals surface area contributed by atoms with Crippen molar-refractivity contribution in [3.05, 3.63) is 59.2 Å². The molecule has 1 amide bonds. The van der Waals surface area contributed by atoms with Crippen LogP contribution in [0.4, 0.5) is 5.13 Å². The zero-order valence-corrected chi connectivity index (χ0v) is 18.0. The van der Waals surface area contributed by atoms with E-state index >= 15 is 0 Å². The van der Waals surface area contributed by atoms with Crippen molar-refractivity contribution in [1.82, 2.24) is 9.88 Å². The van der Waals surface area contributed by atoms with Gasteiger partial charge in [0.1, 0.15) is 0 Å². The van der Waals surface area contributed by atoms with E-state index in [1.807, 2.05) is 23.1 Å². The zero-order valence-electron chi connectivity index (χ0n) is 16.4. The molecule has 146 valence electrons. The Morgan fingerprint density at radius 3 is 2.61 bits per heavy atom. The highest BCUT2D eigenvalue weighted by atomic mass is 32.2. The Kier molecular flexibility index (Phi) is 5.87. The number of carbonyl (C=O) groups excluding carboxylic acids is 1. The first kappa shape index (κ1) is 19.3. The Morgan fingerprint density at radius 1 is 1.11 bits per heavy atom. The van der Waals surface area contributed by atoms with Crippen LogP contribution < -0.4 is 4.90 Å². The zero-order chi connectivity index (χ0) is 19.5. The Morgan fingerprint density at radius 2 is 1.86 bits per heavy atom. The molecule has 3 aromatic rings. The quantitative estimate of drug-likeness (QED) is 0.620. The fraction of sp³-hybridized carbons (Fsp3) is 0.364. The molecule has 4 nitrogen and oxygen atoms in total. The van der Waals surface area contributed by atoms with E-state index in [-0.39, 0.29) is 5.91 Å². The Balaban J connectivity index is 1.30. The number of fused-ring (bicyclic) bond motifs is 1. The monoisotopic (exact) mass is 411 g/mol. The van der Waals surface area contributed by atoms with E-state index in [0.717, 1.165) is 42.6 Å². The normalized spacial score (nSPS) is 14.6. The number of aryl methyl sites for hydroxylation is 2. The first-order valence-corrected chi connectivity index (χ1v) is 11.6. The smallest absolute Gasteiger partial charge is 0.232 e. The van der Waals surface area contributed by atoms with Gasteiger partial charge in [0, 0.05) is 31.9 Å². The van der Waals surface area contributed by atoms with E-state index < -0.39 is 0 Å². The highest BCUT2D eigenvalue weighted by Gasteiger charge is 2.23. The van der Waals surface area contributed by atoms with Gasteiger partial charge in [-0.15, -0.1) is 11.8 Å². The fourth-order valence-electron chi connectivity index (χ4n) is 3.57. The number of nitrogens with zero attached hydrogens (tertiary/aromatic N) is 3. The number of anilines is 1. The average molecular weight is 412 g/mol. The number of aromatic nitrogens is 1. The number of hydrogen-bond acceptors (Lipinski definition) is 5. The van der Waals surface area contributed by atoms with Crippen LogP contribution in [0.15, 0.2) is 42.5 Å². The van der Waals surface area contributed by atoms with Crippen molar-refractivity contribution in [2.45, 2.75) is 19.6 Å². The molecule has 2 aromatic carbocycles. The van der Waals surface area contributed by atoms with E-state index in [4.69, 9.17) is 4.98 Å². The highest BCUT2D eigenvalue weighted by Crippen LogP contribution is 2.32. The van der Waals surface area contributed by atoms with Crippen LogP contribution in [0.2, 0.25) is 0 Å². The Hall–Kier alpha value is -2.05. The first-order valence-electron chi connectivity index (χ1n) is 9.62. The molecule has 0 unspecified atom stereocenters. The molecule has 0 N–H and O–H groups in total. The van der Waals surface area contributed by atoms with Crippen molar-refractivity contribution in [3.8, 4) is 0 Å². The molecule has 28 heavy (non-hydrogen) atoms. The third-order valence-corrected chi connectivity index (χ3v) is 7.30. The molecule has 1 aromatic heterocycles. The lowest BCUT2D eigenvalue weighted by molar-refractivity contribution is -0.128. The number of thiazole rings is 1. The van der Waals surface area contributed by atoms with Crippen molar-refractivity contribution < 1.29 is 4.79 Å². The summed E-state index contributed by atoms with van der Waals surface area (Å²) < 4.78 is 1.27. The standard InChI is InChI=1S/C22H25N3OS2/c1-16-12-17(2)21-19(13-16)23-22(28-21)25-10-8-24(9-11-25)20(26)15-27-14-18-6-4-3-5-7-18/h3-7,12-13H,8-11,14-15H2,1-2H3. The molecule has 0 atom stereocenters. The molecule has 0 radical (unpaired) electrons. The summed E-state index contributed by atoms with van der Waals surface area (Å²) in [5, 5.41) is 1.08. The van der Waals surface area contributed by atoms with Crippen molar-refractivity contribution in [2.75, 3.05) is 36.8 Å². The summed E-state index contributed by atoms with van der Waals surface area (Å²) in [6.07, 6.45) is 0. The van der Waals surface area contributed by atoms with Crippen LogP contribution in [0.5, 0.6) is 0 Å². The van der Waals surface area contributed by atoms with E-state index in [1.165, 1.54) is 21.4 Å². The maximum atomic E-state index is 12.5. The average Bonchev–Trinajstić information content (AvgIpc) is 3.13. The molecule has 4 rings (SSSR count). The summed E-state index contributed by atoms with van der Waals surface area (Å²) in [5.41, 5.74) is 4.91. The maximum Gasteiger partial charge on any atom is 0.232 e. The second-order valence-electron chi connectivity index (χ2n) is 7.27. The first-order chi connectivity index (χ1) is 13.6. The van der Waals surface area contributed by atoms with Crippen molar-refractivity contribution >= 4 is 44.4 Å². The predicted octanol–water partition coefficient (Wildman–Crippen LogP) is 4.50. The minimum absolute atomic E-state index is 0.247. The van der Waals surface area contributed by atoms with Crippen molar-refractivity contribution in [2.24, 2.45) is 0 Å². The van der Waals surface area contributed by atoms with Crippen molar-refractivity contribution in [3.63, 3.8) is 0 Å². The number of amides is 1. The summed E-state index contributed by atoms with van der Waals surface area (Å²) in [6.45, 7) is 7.53. The predicted molar refractivity (Wildman–Crippen MR) is 120 cm³/mol. The van der Waals surface area contributed by atoms with Crippen LogP contribution in [0, 0.1) is 13.8 Å². The third kappa shape index (κ3) is 4.33. The van der Waals surface area contributed by atoms with Gasteiger partial charge in [-0.3, -0.25) is 4.79 Å². The van der Waals surface area contributed by atoms with Crippen LogP contribution in [0.1, 0.15) is 16.7 Å². The van der Waals surface area contributed by atoms with Crippen LogP contribution >= 0.6 is 23.1 Å². The molecule has 0 saturated carbocycles. The lowest BCUT2D eigenvalue weighted by Gasteiger charge is -2.34. The highest BCUT2D eigenvalue weighted by molar-refractivity contribution is 7.99. The lowest BCUT2D eigenvalue weighted by Crippen LogP contribution is -2.49. The van der Waals surface area contributed by atoms with Gasteiger partial charge in [-0.2, -0.15) is 0 Å². The van der Waals surface area contributed by atoms with Crippen LogP contribution in [0.25, 0.3) is 10.2 Å². The number of benzene rings is 2. The molecule has 0 spiro atoms. The summed E-state index contributed by atoms with van der Waals surface area (Å²) in [7, 11) is 0. The van der Waals surface area contributed by atoms with E-state index in [2.05, 4.69) is 43.0 Å². The minimum Gasteiger partial charge on any atom is -0.345 e. The maximum absolute atomic E-state index is 12.5. The molecule has 6 heteroatoms. The van der Waals surface area contributed by atoms with Gasteiger partial charge in [0.05, 0.1) is 16.0 Å². The molecule has 0 bridgehead atoms. The Labute approximate surface area is 174 Å². The van der Waals surface area contributed by atoms with Gasteiger partial charge < -0.3 is 9.80 Å². The molecule has 1 fully saturated rings. The fourth-order valence-corrected chi connectivity index (χ4v) is 5.52. The SMILES string of the molecule is Cc1cc(C)c2sc(N3CCN(C(=O)CSCc4ccccc4)CC3)nc2c1. The Bertz CT molecular complexity index is 963. The van der Waals surface area contributed by atoms with Gasteiger partial charge in [-0.1, -0.05) is 47.7 Å². The minimum atomic E-state index is 0.247. The van der Waals surface area contributed by atoms with E-state index in [9.17, 15) is 4.79 Å².